The molecule has 0 heterocycles. The molecule has 0 radical (unpaired) electrons. The first kappa shape index (κ1) is 24.6. The third-order valence-electron chi connectivity index (χ3n) is 7.42. The number of benzene rings is 2. The van der Waals surface area contributed by atoms with Gasteiger partial charge in [-0.05, 0) is 71.6 Å². The van der Waals surface area contributed by atoms with Gasteiger partial charge in [0.25, 0.3) is 5.69 Å². The summed E-state index contributed by atoms with van der Waals surface area (Å²) in [6.45, 7) is 9.32. The molecule has 0 atom stereocenters. The normalized spacial score (nSPS) is 16.4. The number of nitro benzene ring substituents is 1. The third-order valence-corrected chi connectivity index (χ3v) is 7.42. The molecule has 0 N–H and O–H groups in total. The fraction of sp³-hybridized carbons (Fsp3) is 0.379. The van der Waals surface area contributed by atoms with Crippen LogP contribution in [0.4, 0.5) is 5.69 Å². The van der Waals surface area contributed by atoms with E-state index in [0.29, 0.717) is 18.8 Å². The summed E-state index contributed by atoms with van der Waals surface area (Å²) in [6, 6.07) is 11.3. The molecular formula is C29H32N2O4. The predicted molar refractivity (Wildman–Crippen MR) is 138 cm³/mol. The largest absolute Gasteiger partial charge is 0.331 e. The molecule has 2 aliphatic rings. The highest BCUT2D eigenvalue weighted by molar-refractivity contribution is 6.02. The maximum Gasteiger partial charge on any atom is 0.331 e. The Balaban J connectivity index is 1.81. The van der Waals surface area contributed by atoms with Gasteiger partial charge >= 0.3 is 5.97 Å². The van der Waals surface area contributed by atoms with Crippen molar-refractivity contribution in [2.75, 3.05) is 0 Å². The fourth-order valence-electron chi connectivity index (χ4n) is 5.79. The molecule has 0 aliphatic heterocycles. The average molecular weight is 473 g/mol. The molecule has 6 heteroatoms. The van der Waals surface area contributed by atoms with E-state index in [-0.39, 0.29) is 10.6 Å². The van der Waals surface area contributed by atoms with Gasteiger partial charge in [0.05, 0.1) is 10.6 Å². The number of allylic oxidation sites excluding steroid dienone is 2. The van der Waals surface area contributed by atoms with Crippen molar-refractivity contribution in [2.45, 2.75) is 63.7 Å². The smallest absolute Gasteiger partial charge is 0.318 e. The zero-order valence-electron chi connectivity index (χ0n) is 20.3. The van der Waals surface area contributed by atoms with Crippen molar-refractivity contribution in [1.29, 1.82) is 0 Å². The molecule has 0 saturated heterocycles. The maximum atomic E-state index is 11.6. The Kier molecular flexibility index (Phi) is 7.29. The number of hydrogen-bond donors (Lipinski definition) is 0. The van der Waals surface area contributed by atoms with E-state index in [9.17, 15) is 14.9 Å². The van der Waals surface area contributed by atoms with Gasteiger partial charge in [0, 0.05) is 24.5 Å². The van der Waals surface area contributed by atoms with Gasteiger partial charge in [0.1, 0.15) is 0 Å². The summed E-state index contributed by atoms with van der Waals surface area (Å²) in [7, 11) is 0. The van der Waals surface area contributed by atoms with Crippen LogP contribution in [0.3, 0.4) is 0 Å². The number of non-ortho nitro benzene ring substituents is 1. The summed E-state index contributed by atoms with van der Waals surface area (Å²) in [6.07, 6.45) is 11.7. The first-order valence-corrected chi connectivity index (χ1v) is 12.3. The molecule has 1 fully saturated rings. The van der Waals surface area contributed by atoms with Crippen LogP contribution in [0.15, 0.2) is 66.9 Å². The Bertz CT molecular complexity index is 1180. The van der Waals surface area contributed by atoms with Gasteiger partial charge in [-0.2, -0.15) is 0 Å². The van der Waals surface area contributed by atoms with Gasteiger partial charge < -0.3 is 4.84 Å². The van der Waals surface area contributed by atoms with E-state index >= 15 is 0 Å². The molecule has 6 nitrogen and oxygen atoms in total. The molecule has 0 unspecified atom stereocenters. The van der Waals surface area contributed by atoms with E-state index in [1.807, 2.05) is 24.3 Å². The van der Waals surface area contributed by atoms with Gasteiger partial charge in [0.15, 0.2) is 0 Å². The molecule has 2 aromatic carbocycles. The number of rotatable bonds is 10. The van der Waals surface area contributed by atoms with Crippen molar-refractivity contribution < 1.29 is 14.6 Å². The Labute approximate surface area is 206 Å². The van der Waals surface area contributed by atoms with Crippen LogP contribution in [0.5, 0.6) is 0 Å². The quantitative estimate of drug-likeness (QED) is 0.120. The van der Waals surface area contributed by atoms with Crippen LogP contribution in [0.25, 0.3) is 11.1 Å². The lowest BCUT2D eigenvalue weighted by Crippen LogP contribution is -2.24. The highest BCUT2D eigenvalue weighted by atomic mass is 16.7. The van der Waals surface area contributed by atoms with E-state index in [1.165, 1.54) is 32.6 Å². The van der Waals surface area contributed by atoms with Crippen molar-refractivity contribution in [3.05, 3.63) is 88.5 Å². The second-order valence-electron chi connectivity index (χ2n) is 9.63. The van der Waals surface area contributed by atoms with Crippen LogP contribution in [-0.4, -0.2) is 16.6 Å². The lowest BCUT2D eigenvalue weighted by molar-refractivity contribution is -0.384. The van der Waals surface area contributed by atoms with Crippen LogP contribution in [-0.2, 0) is 15.0 Å². The molecule has 0 spiro atoms. The predicted octanol–water partition coefficient (Wildman–Crippen LogP) is 7.25. The summed E-state index contributed by atoms with van der Waals surface area (Å²) >= 11 is 0. The molecule has 2 aromatic rings. The van der Waals surface area contributed by atoms with Crippen LogP contribution < -0.4 is 0 Å². The average Bonchev–Trinajstić information content (AvgIpc) is 3.45. The second-order valence-corrected chi connectivity index (χ2v) is 9.63. The Morgan fingerprint density at radius 2 is 1.74 bits per heavy atom. The molecule has 0 aromatic heterocycles. The number of nitro groups is 1. The zero-order valence-corrected chi connectivity index (χ0v) is 20.3. The summed E-state index contributed by atoms with van der Waals surface area (Å²) in [5, 5.41) is 15.8. The van der Waals surface area contributed by atoms with E-state index in [1.54, 1.807) is 12.1 Å². The first-order chi connectivity index (χ1) is 16.9. The lowest BCUT2D eigenvalue weighted by atomic mass is 9.72. The molecule has 2 aliphatic carbocycles. The van der Waals surface area contributed by atoms with Crippen molar-refractivity contribution in [3.8, 4) is 11.1 Å². The fourth-order valence-corrected chi connectivity index (χ4v) is 5.79. The maximum absolute atomic E-state index is 11.6. The molecule has 4 rings (SSSR count). The van der Waals surface area contributed by atoms with Gasteiger partial charge in [-0.25, -0.2) is 4.79 Å². The van der Waals surface area contributed by atoms with Crippen LogP contribution in [0.1, 0.15) is 75.0 Å². The standard InChI is InChI=1S/C29H32N2O4/c1-4-16-29(17-5-2)26-18-22(28(30-35-20(3)32)15-10-21-8-6-7-9-21)11-13-24(26)25-14-12-23(31(33)34)19-27(25)29/h4-5,11-14,18-19,21H,1-2,6-10,15-17H2,3H3/b30-28-. The van der Waals surface area contributed by atoms with Crippen molar-refractivity contribution >= 4 is 17.4 Å². The highest BCUT2D eigenvalue weighted by Gasteiger charge is 2.42. The molecule has 0 bridgehead atoms. The van der Waals surface area contributed by atoms with Crippen molar-refractivity contribution in [1.82, 2.24) is 0 Å². The van der Waals surface area contributed by atoms with Crippen LogP contribution in [0, 0.1) is 16.0 Å². The van der Waals surface area contributed by atoms with E-state index in [4.69, 9.17) is 4.84 Å². The Morgan fingerprint density at radius 3 is 2.34 bits per heavy atom. The minimum absolute atomic E-state index is 0.0722. The Morgan fingerprint density at radius 1 is 1.11 bits per heavy atom. The molecule has 35 heavy (non-hydrogen) atoms. The van der Waals surface area contributed by atoms with Crippen LogP contribution >= 0.6 is 0 Å². The van der Waals surface area contributed by atoms with Gasteiger partial charge in [-0.3, -0.25) is 10.1 Å². The second kappa shape index (κ2) is 10.4. The Hall–Kier alpha value is -3.54. The first-order valence-electron chi connectivity index (χ1n) is 12.3. The molecular weight excluding hydrogens is 440 g/mol. The highest BCUT2D eigenvalue weighted by Crippen LogP contribution is 2.54. The topological polar surface area (TPSA) is 81.8 Å². The molecule has 182 valence electrons. The van der Waals surface area contributed by atoms with Crippen molar-refractivity contribution in [3.63, 3.8) is 0 Å². The third kappa shape index (κ3) is 4.83. The minimum atomic E-state index is -0.506. The SMILES string of the molecule is C=CCC1(CC=C)c2cc(/C(CCC3CCCC3)=N\OC(C)=O)ccc2-c2ccc([N+](=O)[O-])cc21. The minimum Gasteiger partial charge on any atom is -0.318 e. The number of carbonyl (C=O) groups is 1. The van der Waals surface area contributed by atoms with Gasteiger partial charge in [-0.1, -0.05) is 55.1 Å². The number of oxime groups is 1. The number of carbonyl (C=O) groups excluding carboxylic acids is 1. The number of nitrogens with zero attached hydrogens (tertiary/aromatic N) is 2. The number of fused-ring (bicyclic) bond motifs is 3. The summed E-state index contributed by atoms with van der Waals surface area (Å²) < 4.78 is 0. The summed E-state index contributed by atoms with van der Waals surface area (Å²) in [4.78, 5) is 27.8. The van der Waals surface area contributed by atoms with E-state index in [0.717, 1.165) is 46.4 Å². The molecule has 0 amide bonds. The van der Waals surface area contributed by atoms with E-state index < -0.39 is 11.4 Å². The van der Waals surface area contributed by atoms with E-state index in [2.05, 4.69) is 30.4 Å². The van der Waals surface area contributed by atoms with Gasteiger partial charge in [0.2, 0.25) is 0 Å². The number of hydrogen-bond acceptors (Lipinski definition) is 5. The lowest BCUT2D eigenvalue weighted by Gasteiger charge is -2.30. The van der Waals surface area contributed by atoms with Crippen molar-refractivity contribution in [2.24, 2.45) is 11.1 Å². The van der Waals surface area contributed by atoms with Gasteiger partial charge in [-0.15, -0.1) is 13.2 Å². The zero-order chi connectivity index (χ0) is 25.0. The summed E-state index contributed by atoms with van der Waals surface area (Å²) in [5.41, 5.74) is 5.25. The monoisotopic (exact) mass is 472 g/mol. The summed E-state index contributed by atoms with van der Waals surface area (Å²) in [5.74, 6) is 0.231. The molecule has 1 saturated carbocycles. The van der Waals surface area contributed by atoms with Crippen LogP contribution in [0.2, 0.25) is 0 Å².